The Balaban J connectivity index is 3.13. The van der Waals surface area contributed by atoms with Crippen molar-refractivity contribution in [1.82, 2.24) is 0 Å². The first-order valence-electron chi connectivity index (χ1n) is 11.3. The first kappa shape index (κ1) is 29.0. The number of unbranched alkanes of at least 4 members (excludes halogenated alkanes) is 8. The van der Waals surface area contributed by atoms with Gasteiger partial charge in [0.15, 0.2) is 0 Å². The monoisotopic (exact) mass is 530 g/mol. The molecular weight excluding hydrogens is 487 g/mol. The summed E-state index contributed by atoms with van der Waals surface area (Å²) in [4.78, 5) is 11.6. The van der Waals surface area contributed by atoms with Gasteiger partial charge in [0.2, 0.25) is 0 Å². The Bertz CT molecular complexity index is 330. The van der Waals surface area contributed by atoms with E-state index in [0.29, 0.717) is 59.3 Å². The first-order chi connectivity index (χ1) is 14.3. The van der Waals surface area contributed by atoms with E-state index < -0.39 is 0 Å². The molecule has 0 heterocycles. The van der Waals surface area contributed by atoms with Crippen LogP contribution in [-0.4, -0.2) is 69.9 Å². The van der Waals surface area contributed by atoms with Gasteiger partial charge in [0, 0.05) is 10.8 Å². The van der Waals surface area contributed by atoms with Gasteiger partial charge in [0.1, 0.15) is 6.61 Å². The summed E-state index contributed by atoms with van der Waals surface area (Å²) < 4.78 is 27.6. The molecule has 0 aliphatic heterocycles. The van der Waals surface area contributed by atoms with Gasteiger partial charge in [0.05, 0.1) is 52.9 Å². The van der Waals surface area contributed by atoms with Crippen LogP contribution in [0, 0.1) is 0 Å². The number of carbonyl (C=O) groups excluding carboxylic acids is 1. The van der Waals surface area contributed by atoms with Gasteiger partial charge >= 0.3 is 5.97 Å². The van der Waals surface area contributed by atoms with Crippen molar-refractivity contribution in [2.24, 2.45) is 0 Å². The average Bonchev–Trinajstić information content (AvgIpc) is 2.72. The van der Waals surface area contributed by atoms with E-state index in [0.717, 1.165) is 23.9 Å². The maximum Gasteiger partial charge on any atom is 0.305 e. The summed E-state index contributed by atoms with van der Waals surface area (Å²) in [5, 5.41) is 0. The first-order valence-corrected chi connectivity index (χ1v) is 12.9. The second-order valence-corrected chi connectivity index (χ2v) is 8.02. The third-order valence-electron chi connectivity index (χ3n) is 4.31. The van der Waals surface area contributed by atoms with Gasteiger partial charge in [-0.15, -0.1) is 0 Å². The predicted octanol–water partition coefficient (Wildman–Crippen LogP) is 4.95. The number of halogens is 1. The Morgan fingerprint density at radius 2 is 1.00 bits per heavy atom. The lowest BCUT2D eigenvalue weighted by atomic mass is 10.1. The maximum absolute atomic E-state index is 11.6. The molecule has 0 aromatic heterocycles. The summed E-state index contributed by atoms with van der Waals surface area (Å²) in [6, 6.07) is 0. The van der Waals surface area contributed by atoms with Crippen molar-refractivity contribution in [2.45, 2.75) is 71.1 Å². The molecule has 0 bridgehead atoms. The zero-order valence-corrected chi connectivity index (χ0v) is 20.6. The van der Waals surface area contributed by atoms with Crippen LogP contribution in [0.1, 0.15) is 71.1 Å². The van der Waals surface area contributed by atoms with E-state index in [4.69, 9.17) is 23.7 Å². The fourth-order valence-electron chi connectivity index (χ4n) is 2.68. The lowest BCUT2D eigenvalue weighted by Crippen LogP contribution is -2.14. The van der Waals surface area contributed by atoms with Gasteiger partial charge in [-0.05, 0) is 6.42 Å². The van der Waals surface area contributed by atoms with Crippen LogP contribution in [0.3, 0.4) is 0 Å². The van der Waals surface area contributed by atoms with Crippen LogP contribution in [0.4, 0.5) is 0 Å². The summed E-state index contributed by atoms with van der Waals surface area (Å²) in [5.41, 5.74) is 0. The lowest BCUT2D eigenvalue weighted by Gasteiger charge is -2.08. The molecule has 0 unspecified atom stereocenters. The van der Waals surface area contributed by atoms with E-state index in [1.165, 1.54) is 44.9 Å². The molecule has 0 saturated carbocycles. The van der Waals surface area contributed by atoms with Crippen molar-refractivity contribution >= 4 is 28.6 Å². The van der Waals surface area contributed by atoms with E-state index in [1.807, 2.05) is 0 Å². The van der Waals surface area contributed by atoms with Gasteiger partial charge in [-0.2, -0.15) is 0 Å². The number of hydrogen-bond acceptors (Lipinski definition) is 6. The van der Waals surface area contributed by atoms with E-state index in [-0.39, 0.29) is 5.97 Å². The highest BCUT2D eigenvalue weighted by Gasteiger charge is 2.02. The number of alkyl halides is 1. The molecule has 0 aliphatic rings. The number of hydrogen-bond donors (Lipinski definition) is 0. The van der Waals surface area contributed by atoms with Crippen LogP contribution >= 0.6 is 22.6 Å². The SMILES string of the molecule is CCCCCCCCCCCC(=O)OCCOCCOCCOCCOCCI. The Morgan fingerprint density at radius 1 is 0.586 bits per heavy atom. The zero-order chi connectivity index (χ0) is 21.3. The predicted molar refractivity (Wildman–Crippen MR) is 125 cm³/mol. The standard InChI is InChI=1S/C22H43IO6/c1-2-3-4-5-6-7-8-9-10-11-22(24)29-21-20-28-19-18-27-17-16-26-15-14-25-13-12-23/h2-21H2,1H3. The summed E-state index contributed by atoms with van der Waals surface area (Å²) in [6.45, 7) is 7.08. The van der Waals surface area contributed by atoms with Crippen LogP contribution in [0.25, 0.3) is 0 Å². The van der Waals surface area contributed by atoms with E-state index in [2.05, 4.69) is 29.5 Å². The van der Waals surface area contributed by atoms with Crippen LogP contribution in [0.5, 0.6) is 0 Å². The summed E-state index contributed by atoms with van der Waals surface area (Å²) in [6.07, 6.45) is 11.8. The van der Waals surface area contributed by atoms with Crippen molar-refractivity contribution in [3.8, 4) is 0 Å². The van der Waals surface area contributed by atoms with Gasteiger partial charge < -0.3 is 23.7 Å². The number of ether oxygens (including phenoxy) is 5. The fourth-order valence-corrected chi connectivity index (χ4v) is 2.99. The molecule has 0 aromatic rings. The maximum atomic E-state index is 11.6. The molecule has 0 rings (SSSR count). The molecule has 0 amide bonds. The van der Waals surface area contributed by atoms with Gasteiger partial charge in [-0.1, -0.05) is 80.9 Å². The highest BCUT2D eigenvalue weighted by Crippen LogP contribution is 2.10. The fraction of sp³-hybridized carbons (Fsp3) is 0.955. The van der Waals surface area contributed by atoms with Crippen LogP contribution in [-0.2, 0) is 28.5 Å². The third kappa shape index (κ3) is 26.0. The molecule has 0 N–H and O–H groups in total. The van der Waals surface area contributed by atoms with Crippen molar-refractivity contribution in [2.75, 3.05) is 63.9 Å². The zero-order valence-electron chi connectivity index (χ0n) is 18.5. The minimum Gasteiger partial charge on any atom is -0.463 e. The second-order valence-electron chi connectivity index (χ2n) is 6.94. The molecule has 0 atom stereocenters. The van der Waals surface area contributed by atoms with E-state index in [1.54, 1.807) is 0 Å². The molecule has 0 saturated heterocycles. The number of rotatable bonds is 24. The minimum absolute atomic E-state index is 0.118. The summed E-state index contributed by atoms with van der Waals surface area (Å²) in [7, 11) is 0. The van der Waals surface area contributed by atoms with Crippen LogP contribution in [0.15, 0.2) is 0 Å². The molecule has 174 valence electrons. The molecule has 29 heavy (non-hydrogen) atoms. The second kappa shape index (κ2) is 26.1. The van der Waals surface area contributed by atoms with Gasteiger partial charge in [0.25, 0.3) is 0 Å². The molecule has 0 aromatic carbocycles. The topological polar surface area (TPSA) is 63.2 Å². The Hall–Kier alpha value is 0.0400. The number of carbonyl (C=O) groups is 1. The highest BCUT2D eigenvalue weighted by atomic mass is 127. The number of esters is 1. The highest BCUT2D eigenvalue weighted by molar-refractivity contribution is 14.1. The lowest BCUT2D eigenvalue weighted by molar-refractivity contribution is -0.145. The van der Waals surface area contributed by atoms with E-state index in [9.17, 15) is 4.79 Å². The van der Waals surface area contributed by atoms with Crippen molar-refractivity contribution in [1.29, 1.82) is 0 Å². The Labute approximate surface area is 191 Å². The molecule has 0 fully saturated rings. The summed E-state index contributed by atoms with van der Waals surface area (Å²) >= 11 is 2.28. The molecule has 7 heteroatoms. The average molecular weight is 530 g/mol. The third-order valence-corrected chi connectivity index (χ3v) is 4.75. The van der Waals surface area contributed by atoms with Crippen molar-refractivity contribution in [3.63, 3.8) is 0 Å². The molecule has 6 nitrogen and oxygen atoms in total. The Kier molecular flexibility index (Phi) is 26.1. The molecule has 0 spiro atoms. The van der Waals surface area contributed by atoms with E-state index >= 15 is 0 Å². The van der Waals surface area contributed by atoms with Gasteiger partial charge in [-0.3, -0.25) is 4.79 Å². The van der Waals surface area contributed by atoms with Crippen LogP contribution < -0.4 is 0 Å². The van der Waals surface area contributed by atoms with Gasteiger partial charge in [-0.25, -0.2) is 0 Å². The molecule has 0 radical (unpaired) electrons. The van der Waals surface area contributed by atoms with Crippen molar-refractivity contribution in [3.05, 3.63) is 0 Å². The van der Waals surface area contributed by atoms with Crippen LogP contribution in [0.2, 0.25) is 0 Å². The largest absolute Gasteiger partial charge is 0.463 e. The normalized spacial score (nSPS) is 11.1. The quantitative estimate of drug-likeness (QED) is 0.0762. The van der Waals surface area contributed by atoms with Crippen molar-refractivity contribution < 1.29 is 28.5 Å². The smallest absolute Gasteiger partial charge is 0.305 e. The Morgan fingerprint density at radius 3 is 1.48 bits per heavy atom. The molecule has 0 aliphatic carbocycles. The summed E-state index contributed by atoms with van der Waals surface area (Å²) in [5.74, 6) is -0.118. The molecular formula is C22H43IO6. The minimum atomic E-state index is -0.118.